The van der Waals surface area contributed by atoms with Crippen LogP contribution in [0.3, 0.4) is 0 Å². The van der Waals surface area contributed by atoms with E-state index in [-0.39, 0.29) is 0 Å². The van der Waals surface area contributed by atoms with E-state index >= 15 is 0 Å². The highest BCUT2D eigenvalue weighted by Crippen LogP contribution is 2.39. The zero-order valence-electron chi connectivity index (χ0n) is 10.9. The van der Waals surface area contributed by atoms with Crippen LogP contribution in [0.5, 0.6) is 0 Å². The fourth-order valence-corrected chi connectivity index (χ4v) is 3.73. The molecule has 1 aliphatic carbocycles. The van der Waals surface area contributed by atoms with Crippen molar-refractivity contribution < 1.29 is 4.74 Å². The molecule has 0 spiro atoms. The van der Waals surface area contributed by atoms with Gasteiger partial charge in [-0.15, -0.1) is 0 Å². The molecular weight excluding hydrogens is 328 g/mol. The van der Waals surface area contributed by atoms with Crippen LogP contribution in [0.1, 0.15) is 61.9 Å². The van der Waals surface area contributed by atoms with Crippen molar-refractivity contribution in [2.45, 2.75) is 50.4 Å². The van der Waals surface area contributed by atoms with Gasteiger partial charge in [0, 0.05) is 18.4 Å². The van der Waals surface area contributed by atoms with Crippen molar-refractivity contribution in [2.24, 2.45) is 0 Å². The molecule has 0 N–H and O–H groups in total. The Kier molecular flexibility index (Phi) is 4.40. The van der Waals surface area contributed by atoms with Crippen molar-refractivity contribution >= 4 is 27.5 Å². The van der Waals surface area contributed by atoms with Gasteiger partial charge in [-0.1, -0.05) is 24.4 Å². The summed E-state index contributed by atoms with van der Waals surface area (Å²) in [5.74, 6) is 1.72. The minimum absolute atomic E-state index is 0.305. The molecule has 19 heavy (non-hydrogen) atoms. The van der Waals surface area contributed by atoms with Crippen LogP contribution in [0, 0.1) is 0 Å². The third-order valence-corrected chi connectivity index (χ3v) is 5.40. The maximum atomic E-state index is 6.28. The molecule has 2 fully saturated rings. The predicted octanol–water partition coefficient (Wildman–Crippen LogP) is 4.44. The Morgan fingerprint density at radius 1 is 1.05 bits per heavy atom. The maximum Gasteiger partial charge on any atom is 0.147 e. The first kappa shape index (κ1) is 13.8. The van der Waals surface area contributed by atoms with Crippen LogP contribution < -0.4 is 0 Å². The summed E-state index contributed by atoms with van der Waals surface area (Å²) in [6, 6.07) is 0. The van der Waals surface area contributed by atoms with E-state index in [2.05, 4.69) is 20.9 Å². The molecule has 5 heteroatoms. The lowest BCUT2D eigenvalue weighted by molar-refractivity contribution is 0.0779. The standard InChI is InChI=1S/C14H18BrClN2O/c15-11-12(9-4-1-2-5-9)17-14(18-13(11)16)10-6-3-7-19-8-10/h9-10H,1-8H2. The van der Waals surface area contributed by atoms with E-state index in [0.29, 0.717) is 17.0 Å². The summed E-state index contributed by atoms with van der Waals surface area (Å²) in [7, 11) is 0. The summed E-state index contributed by atoms with van der Waals surface area (Å²) < 4.78 is 6.43. The Balaban J connectivity index is 1.92. The SMILES string of the molecule is Clc1nc(C2CCCOC2)nc(C2CCCC2)c1Br. The van der Waals surface area contributed by atoms with Gasteiger partial charge in [0.15, 0.2) is 0 Å². The first-order valence-electron chi connectivity index (χ1n) is 7.06. The Bertz CT molecular complexity index is 457. The van der Waals surface area contributed by atoms with Gasteiger partial charge in [0.1, 0.15) is 11.0 Å². The van der Waals surface area contributed by atoms with Gasteiger partial charge in [0.2, 0.25) is 0 Å². The Morgan fingerprint density at radius 3 is 2.47 bits per heavy atom. The molecule has 1 aromatic heterocycles. The first-order valence-corrected chi connectivity index (χ1v) is 8.23. The van der Waals surface area contributed by atoms with E-state index in [4.69, 9.17) is 21.3 Å². The minimum atomic E-state index is 0.305. The summed E-state index contributed by atoms with van der Waals surface area (Å²) in [6.07, 6.45) is 7.20. The van der Waals surface area contributed by atoms with Crippen molar-refractivity contribution in [3.8, 4) is 0 Å². The molecule has 3 nitrogen and oxygen atoms in total. The molecule has 0 aromatic carbocycles. The van der Waals surface area contributed by atoms with Gasteiger partial charge in [-0.3, -0.25) is 0 Å². The average Bonchev–Trinajstić information content (AvgIpc) is 2.96. The van der Waals surface area contributed by atoms with Gasteiger partial charge >= 0.3 is 0 Å². The number of ether oxygens (including phenoxy) is 1. The number of aromatic nitrogens is 2. The molecule has 1 unspecified atom stereocenters. The summed E-state index contributed by atoms with van der Waals surface area (Å²) >= 11 is 9.84. The topological polar surface area (TPSA) is 35.0 Å². The Hall–Kier alpha value is -0.190. The van der Waals surface area contributed by atoms with E-state index < -0.39 is 0 Å². The van der Waals surface area contributed by atoms with E-state index in [0.717, 1.165) is 42.0 Å². The van der Waals surface area contributed by atoms with Crippen molar-refractivity contribution in [2.75, 3.05) is 13.2 Å². The van der Waals surface area contributed by atoms with E-state index in [1.165, 1.54) is 25.7 Å². The van der Waals surface area contributed by atoms with Gasteiger partial charge in [0.05, 0.1) is 16.8 Å². The molecule has 1 saturated heterocycles. The van der Waals surface area contributed by atoms with Crippen LogP contribution in [0.15, 0.2) is 4.47 Å². The third-order valence-electron chi connectivity index (χ3n) is 4.12. The van der Waals surface area contributed by atoms with Crippen molar-refractivity contribution in [1.82, 2.24) is 9.97 Å². The molecule has 1 saturated carbocycles. The second-order valence-corrected chi connectivity index (χ2v) is 6.62. The maximum absolute atomic E-state index is 6.28. The quantitative estimate of drug-likeness (QED) is 0.743. The van der Waals surface area contributed by atoms with Crippen LogP contribution in [0.25, 0.3) is 0 Å². The minimum Gasteiger partial charge on any atom is -0.381 e. The van der Waals surface area contributed by atoms with E-state index in [1.54, 1.807) is 0 Å². The van der Waals surface area contributed by atoms with Crippen molar-refractivity contribution in [1.29, 1.82) is 0 Å². The van der Waals surface area contributed by atoms with Crippen LogP contribution >= 0.6 is 27.5 Å². The molecule has 1 aromatic rings. The largest absolute Gasteiger partial charge is 0.381 e. The van der Waals surface area contributed by atoms with Gasteiger partial charge < -0.3 is 4.74 Å². The second kappa shape index (κ2) is 6.06. The van der Waals surface area contributed by atoms with Gasteiger partial charge in [-0.05, 0) is 41.6 Å². The molecule has 2 heterocycles. The highest BCUT2D eigenvalue weighted by molar-refractivity contribution is 9.10. The molecular formula is C14H18BrClN2O. The molecule has 1 atom stereocenters. The van der Waals surface area contributed by atoms with Crippen LogP contribution in [-0.2, 0) is 4.74 Å². The number of hydrogen-bond acceptors (Lipinski definition) is 3. The van der Waals surface area contributed by atoms with Crippen LogP contribution in [-0.4, -0.2) is 23.2 Å². The van der Waals surface area contributed by atoms with Crippen molar-refractivity contribution in [3.63, 3.8) is 0 Å². The highest BCUT2D eigenvalue weighted by atomic mass is 79.9. The molecule has 1 aliphatic heterocycles. The molecule has 0 radical (unpaired) electrons. The van der Waals surface area contributed by atoms with Gasteiger partial charge in [-0.25, -0.2) is 9.97 Å². The van der Waals surface area contributed by atoms with E-state index in [1.807, 2.05) is 0 Å². The fraction of sp³-hybridized carbons (Fsp3) is 0.714. The second-order valence-electron chi connectivity index (χ2n) is 5.47. The molecule has 0 bridgehead atoms. The van der Waals surface area contributed by atoms with Gasteiger partial charge in [0.25, 0.3) is 0 Å². The molecule has 2 aliphatic rings. The lowest BCUT2D eigenvalue weighted by Gasteiger charge is -2.22. The Labute approximate surface area is 127 Å². The molecule has 104 valence electrons. The zero-order chi connectivity index (χ0) is 13.2. The summed E-state index contributed by atoms with van der Waals surface area (Å²) in [6.45, 7) is 1.58. The zero-order valence-corrected chi connectivity index (χ0v) is 13.2. The van der Waals surface area contributed by atoms with Crippen molar-refractivity contribution in [3.05, 3.63) is 21.1 Å². The Morgan fingerprint density at radius 2 is 1.79 bits per heavy atom. The smallest absolute Gasteiger partial charge is 0.147 e. The fourth-order valence-electron chi connectivity index (χ4n) is 3.05. The third kappa shape index (κ3) is 2.96. The van der Waals surface area contributed by atoms with Gasteiger partial charge in [-0.2, -0.15) is 0 Å². The van der Waals surface area contributed by atoms with E-state index in [9.17, 15) is 0 Å². The van der Waals surface area contributed by atoms with Crippen LogP contribution in [0.4, 0.5) is 0 Å². The number of hydrogen-bond donors (Lipinski definition) is 0. The summed E-state index contributed by atoms with van der Waals surface area (Å²) in [4.78, 5) is 9.27. The molecule has 0 amide bonds. The average molecular weight is 346 g/mol. The lowest BCUT2D eigenvalue weighted by atomic mass is 10.00. The predicted molar refractivity (Wildman–Crippen MR) is 78.7 cm³/mol. The number of rotatable bonds is 2. The number of nitrogens with zero attached hydrogens (tertiary/aromatic N) is 2. The molecule has 3 rings (SSSR count). The summed E-state index contributed by atoms with van der Waals surface area (Å²) in [5, 5.41) is 0.553. The van der Waals surface area contributed by atoms with Crippen LogP contribution in [0.2, 0.25) is 5.15 Å². The lowest BCUT2D eigenvalue weighted by Crippen LogP contribution is -2.19. The summed E-state index contributed by atoms with van der Waals surface area (Å²) in [5.41, 5.74) is 1.11. The highest BCUT2D eigenvalue weighted by Gasteiger charge is 2.26. The number of halogens is 2. The normalized spacial score (nSPS) is 24.8. The first-order chi connectivity index (χ1) is 9.25. The monoisotopic (exact) mass is 344 g/mol.